The zero-order valence-electron chi connectivity index (χ0n) is 16.9. The Morgan fingerprint density at radius 1 is 0.720 bits per heavy atom. The molecule has 0 N–H and O–H groups in total. The Bertz CT molecular complexity index is 267. The minimum atomic E-state index is -1.10. The number of carbonyl (C=O) groups excluding carboxylic acids is 1. The van der Waals surface area contributed by atoms with Gasteiger partial charge >= 0.3 is 0 Å². The van der Waals surface area contributed by atoms with Crippen molar-refractivity contribution in [3.8, 4) is 0 Å². The molecule has 0 aromatic carbocycles. The molecule has 0 aromatic rings. The van der Waals surface area contributed by atoms with E-state index in [1.54, 1.807) is 7.11 Å². The van der Waals surface area contributed by atoms with Crippen LogP contribution in [0.2, 0.25) is 0 Å². The maximum absolute atomic E-state index is 10.0. The molecule has 0 fully saturated rings. The Labute approximate surface area is 154 Å². The normalized spacial score (nSPS) is 11.1. The van der Waals surface area contributed by atoms with Crippen molar-refractivity contribution in [2.45, 2.75) is 34.1 Å². The van der Waals surface area contributed by atoms with E-state index >= 15 is 0 Å². The molecule has 0 spiro atoms. The van der Waals surface area contributed by atoms with Crippen molar-refractivity contribution in [3.63, 3.8) is 0 Å². The van der Waals surface area contributed by atoms with Crippen LogP contribution in [-0.2, 0) is 23.7 Å². The standard InChI is InChI=1S/C10H20O6.C8H20P/c1-13-4-5-15-8-9-16-7-6-14-3-2-10(11)12;1-5-9(6-2,7-3)8-4/h2-9H2,1H3,(H,11,12);5-8H2,1-4H3/q;+1/p-1. The van der Waals surface area contributed by atoms with Gasteiger partial charge in [0.2, 0.25) is 0 Å². The molecule has 25 heavy (non-hydrogen) atoms. The van der Waals surface area contributed by atoms with Gasteiger partial charge in [0, 0.05) is 26.8 Å². The predicted molar refractivity (Wildman–Crippen MR) is 103 cm³/mol. The predicted octanol–water partition coefficient (Wildman–Crippen LogP) is 1.91. The van der Waals surface area contributed by atoms with Crippen LogP contribution in [0.25, 0.3) is 0 Å². The van der Waals surface area contributed by atoms with E-state index in [1.807, 2.05) is 0 Å². The highest BCUT2D eigenvalue weighted by molar-refractivity contribution is 7.75. The Balaban J connectivity index is 0. The summed E-state index contributed by atoms with van der Waals surface area (Å²) in [5, 5.41) is 10.0. The quantitative estimate of drug-likeness (QED) is 0.300. The Hall–Kier alpha value is -0.260. The first-order chi connectivity index (χ1) is 12.0. The lowest BCUT2D eigenvalue weighted by Gasteiger charge is -2.20. The molecule has 0 bridgehead atoms. The van der Waals surface area contributed by atoms with Gasteiger partial charge in [0.25, 0.3) is 0 Å². The average Bonchev–Trinajstić information content (AvgIpc) is 2.62. The lowest BCUT2D eigenvalue weighted by atomic mass is 10.5. The number of carboxylic acid groups (broad SMARTS) is 1. The molecule has 0 aliphatic rings. The number of ether oxygens (including phenoxy) is 4. The molecule has 0 saturated heterocycles. The fourth-order valence-corrected chi connectivity index (χ4v) is 4.86. The number of carbonyl (C=O) groups is 1. The summed E-state index contributed by atoms with van der Waals surface area (Å²) in [6.07, 6.45) is 5.74. The monoisotopic (exact) mass is 382 g/mol. The molecular weight excluding hydrogens is 343 g/mol. The summed E-state index contributed by atoms with van der Waals surface area (Å²) in [5.41, 5.74) is 0. The fraction of sp³-hybridized carbons (Fsp3) is 0.944. The van der Waals surface area contributed by atoms with Crippen molar-refractivity contribution in [2.75, 3.05) is 78.0 Å². The van der Waals surface area contributed by atoms with Gasteiger partial charge in [0.1, 0.15) is 0 Å². The highest BCUT2D eigenvalue weighted by atomic mass is 31.2. The van der Waals surface area contributed by atoms with Gasteiger partial charge in [0.15, 0.2) is 0 Å². The molecule has 0 unspecified atom stereocenters. The third kappa shape index (κ3) is 18.3. The molecule has 0 atom stereocenters. The number of rotatable bonds is 16. The largest absolute Gasteiger partial charge is 0.550 e. The summed E-state index contributed by atoms with van der Waals surface area (Å²) in [6, 6.07) is 0. The highest BCUT2D eigenvalue weighted by Crippen LogP contribution is 2.57. The van der Waals surface area contributed by atoms with Crippen molar-refractivity contribution in [1.82, 2.24) is 0 Å². The van der Waals surface area contributed by atoms with Crippen molar-refractivity contribution in [2.24, 2.45) is 0 Å². The minimum absolute atomic E-state index is 0.0832. The van der Waals surface area contributed by atoms with Crippen LogP contribution in [0.15, 0.2) is 0 Å². The number of hydrogen-bond acceptors (Lipinski definition) is 6. The van der Waals surface area contributed by atoms with E-state index in [4.69, 9.17) is 18.9 Å². The number of aliphatic carboxylic acids is 1. The molecule has 0 aliphatic carbocycles. The van der Waals surface area contributed by atoms with E-state index in [0.717, 1.165) is 0 Å². The number of methoxy groups -OCH3 is 1. The SMILES string of the molecule is CC[P+](CC)(CC)CC.COCCOCCOCCOCCC(=O)[O-]. The summed E-state index contributed by atoms with van der Waals surface area (Å²) >= 11 is 0. The molecule has 152 valence electrons. The topological polar surface area (TPSA) is 77.0 Å². The Morgan fingerprint density at radius 2 is 1.08 bits per heavy atom. The third-order valence-corrected chi connectivity index (χ3v) is 9.68. The van der Waals surface area contributed by atoms with Crippen LogP contribution in [-0.4, -0.2) is 84.0 Å². The lowest BCUT2D eigenvalue weighted by Crippen LogP contribution is -2.24. The first kappa shape index (κ1) is 27.0. The first-order valence-corrected chi connectivity index (χ1v) is 11.8. The fourth-order valence-electron chi connectivity index (χ4n) is 2.18. The highest BCUT2D eigenvalue weighted by Gasteiger charge is 2.27. The summed E-state index contributed by atoms with van der Waals surface area (Å²) < 4.78 is 20.1. The van der Waals surface area contributed by atoms with E-state index in [2.05, 4.69) is 27.7 Å². The summed E-state index contributed by atoms with van der Waals surface area (Å²) in [6.45, 7) is 12.5. The van der Waals surface area contributed by atoms with E-state index in [1.165, 1.54) is 24.6 Å². The molecule has 7 heteroatoms. The van der Waals surface area contributed by atoms with Gasteiger partial charge in [-0.15, -0.1) is 0 Å². The second-order valence-corrected chi connectivity index (χ2v) is 10.8. The summed E-state index contributed by atoms with van der Waals surface area (Å²) in [4.78, 5) is 10.0. The van der Waals surface area contributed by atoms with E-state index in [9.17, 15) is 9.90 Å². The van der Waals surface area contributed by atoms with Gasteiger partial charge in [-0.05, 0) is 27.7 Å². The molecule has 0 rings (SSSR count). The molecule has 0 amide bonds. The van der Waals surface area contributed by atoms with Gasteiger partial charge in [-0.1, -0.05) is 0 Å². The molecular formula is C18H39O6P. The van der Waals surface area contributed by atoms with Gasteiger partial charge in [-0.3, -0.25) is 0 Å². The van der Waals surface area contributed by atoms with Gasteiger partial charge in [-0.2, -0.15) is 0 Å². The molecule has 0 heterocycles. The molecule has 6 nitrogen and oxygen atoms in total. The number of hydrogen-bond donors (Lipinski definition) is 0. The van der Waals surface area contributed by atoms with Crippen molar-refractivity contribution < 1.29 is 28.8 Å². The van der Waals surface area contributed by atoms with Gasteiger partial charge < -0.3 is 28.8 Å². The summed E-state index contributed by atoms with van der Waals surface area (Å²) in [5.74, 6) is -1.10. The minimum Gasteiger partial charge on any atom is -0.550 e. The van der Waals surface area contributed by atoms with Crippen LogP contribution in [0.1, 0.15) is 34.1 Å². The molecule has 0 aromatic heterocycles. The Kier molecular flexibility index (Phi) is 21.6. The first-order valence-electron chi connectivity index (χ1n) is 9.28. The van der Waals surface area contributed by atoms with Crippen LogP contribution in [0.5, 0.6) is 0 Å². The Morgan fingerprint density at radius 3 is 1.36 bits per heavy atom. The van der Waals surface area contributed by atoms with E-state index < -0.39 is 13.2 Å². The zero-order valence-corrected chi connectivity index (χ0v) is 17.8. The third-order valence-electron chi connectivity index (χ3n) is 4.31. The zero-order chi connectivity index (χ0) is 19.4. The van der Waals surface area contributed by atoms with Crippen LogP contribution >= 0.6 is 7.26 Å². The van der Waals surface area contributed by atoms with Crippen LogP contribution in [0.3, 0.4) is 0 Å². The van der Waals surface area contributed by atoms with Crippen LogP contribution in [0.4, 0.5) is 0 Å². The molecule has 0 radical (unpaired) electrons. The van der Waals surface area contributed by atoms with Crippen LogP contribution < -0.4 is 5.11 Å². The average molecular weight is 382 g/mol. The van der Waals surface area contributed by atoms with Crippen molar-refractivity contribution in [1.29, 1.82) is 0 Å². The maximum Gasteiger partial charge on any atom is 0.0701 e. The van der Waals surface area contributed by atoms with E-state index in [-0.39, 0.29) is 13.0 Å². The molecule has 0 aliphatic heterocycles. The van der Waals surface area contributed by atoms with E-state index in [0.29, 0.717) is 39.6 Å². The van der Waals surface area contributed by atoms with Crippen molar-refractivity contribution >= 4 is 13.2 Å². The second-order valence-electron chi connectivity index (χ2n) is 5.56. The molecule has 0 saturated carbocycles. The number of carboxylic acids is 1. The second kappa shape index (κ2) is 20.1. The van der Waals surface area contributed by atoms with Crippen molar-refractivity contribution in [3.05, 3.63) is 0 Å². The summed E-state index contributed by atoms with van der Waals surface area (Å²) in [7, 11) is 1.20. The maximum atomic E-state index is 10.0. The van der Waals surface area contributed by atoms with Gasteiger partial charge in [0.05, 0.1) is 70.9 Å². The van der Waals surface area contributed by atoms with Gasteiger partial charge in [-0.25, -0.2) is 0 Å². The van der Waals surface area contributed by atoms with Crippen LogP contribution in [0, 0.1) is 0 Å². The lowest BCUT2D eigenvalue weighted by molar-refractivity contribution is -0.306. The smallest absolute Gasteiger partial charge is 0.0701 e.